The van der Waals surface area contributed by atoms with Gasteiger partial charge in [0, 0.05) is 30.2 Å². The second-order valence-electron chi connectivity index (χ2n) is 8.55. The molecule has 0 saturated carbocycles. The number of primary sulfonamides is 1. The van der Waals surface area contributed by atoms with Crippen LogP contribution in [0, 0.1) is 0 Å². The summed E-state index contributed by atoms with van der Waals surface area (Å²) >= 11 is 6.41. The van der Waals surface area contributed by atoms with Crippen LogP contribution >= 0.6 is 11.6 Å². The van der Waals surface area contributed by atoms with Crippen molar-refractivity contribution in [3.8, 4) is 5.75 Å². The Bertz CT molecular complexity index is 1110. The Labute approximate surface area is 193 Å². The lowest BCUT2D eigenvalue weighted by Gasteiger charge is -2.45. The summed E-state index contributed by atoms with van der Waals surface area (Å²) in [6.07, 6.45) is 3.80. The van der Waals surface area contributed by atoms with E-state index in [1.165, 1.54) is 30.9 Å². The zero-order valence-corrected chi connectivity index (χ0v) is 19.5. The molecule has 32 heavy (non-hydrogen) atoms. The number of carbonyl (C=O) groups is 1. The second kappa shape index (κ2) is 9.39. The first kappa shape index (κ1) is 23.0. The van der Waals surface area contributed by atoms with Gasteiger partial charge in [0.05, 0.1) is 17.6 Å². The maximum Gasteiger partial charge on any atom is 0.255 e. The fraction of sp³-hybridized carbons (Fsp3) is 0.435. The summed E-state index contributed by atoms with van der Waals surface area (Å²) in [5, 5.41) is 9.12. The van der Waals surface area contributed by atoms with Crippen LogP contribution in [-0.2, 0) is 10.0 Å². The van der Waals surface area contributed by atoms with Crippen molar-refractivity contribution in [2.24, 2.45) is 5.14 Å². The quantitative estimate of drug-likeness (QED) is 0.688. The first-order chi connectivity index (χ1) is 15.3. The van der Waals surface area contributed by atoms with Crippen LogP contribution in [0.1, 0.15) is 47.5 Å². The first-order valence-electron chi connectivity index (χ1n) is 10.8. The van der Waals surface area contributed by atoms with Gasteiger partial charge in [0.2, 0.25) is 10.0 Å². The fourth-order valence-electron chi connectivity index (χ4n) is 4.90. The van der Waals surface area contributed by atoms with Crippen LogP contribution in [0.25, 0.3) is 0 Å². The lowest BCUT2D eigenvalue weighted by atomic mass is 9.82. The highest BCUT2D eigenvalue weighted by Gasteiger charge is 2.35. The minimum atomic E-state index is -3.92. The van der Waals surface area contributed by atoms with Crippen molar-refractivity contribution in [2.75, 3.05) is 20.2 Å². The average Bonchev–Trinajstić information content (AvgIpc) is 2.78. The molecule has 0 aromatic heterocycles. The van der Waals surface area contributed by atoms with E-state index in [1.54, 1.807) is 0 Å². The van der Waals surface area contributed by atoms with Crippen LogP contribution in [0.5, 0.6) is 5.75 Å². The molecule has 0 aliphatic carbocycles. The molecule has 2 heterocycles. The summed E-state index contributed by atoms with van der Waals surface area (Å²) in [6, 6.07) is 12.5. The summed E-state index contributed by atoms with van der Waals surface area (Å²) in [6.45, 7) is 1.87. The number of hydrogen-bond acceptors (Lipinski definition) is 5. The number of nitrogens with zero attached hydrogens (tertiary/aromatic N) is 1. The van der Waals surface area contributed by atoms with Crippen molar-refractivity contribution in [1.29, 1.82) is 0 Å². The van der Waals surface area contributed by atoms with E-state index < -0.39 is 10.0 Å². The highest BCUT2D eigenvalue weighted by atomic mass is 35.5. The third-order valence-corrected chi connectivity index (χ3v) is 7.82. The molecule has 2 aromatic carbocycles. The predicted octanol–water partition coefficient (Wildman–Crippen LogP) is 3.14. The number of carbonyl (C=O) groups excluding carboxylic acids is 1. The molecule has 0 bridgehead atoms. The lowest BCUT2D eigenvalue weighted by molar-refractivity contribution is 0.0704. The maximum atomic E-state index is 13.0. The molecule has 2 aliphatic heterocycles. The van der Waals surface area contributed by atoms with Crippen LogP contribution in [0.4, 0.5) is 0 Å². The Kier molecular flexibility index (Phi) is 6.76. The predicted molar refractivity (Wildman–Crippen MR) is 124 cm³/mol. The first-order valence-corrected chi connectivity index (χ1v) is 12.7. The summed E-state index contributed by atoms with van der Waals surface area (Å²) in [5.74, 6) is 0.388. The molecular formula is C23H28ClN3O4S. The summed E-state index contributed by atoms with van der Waals surface area (Å²) in [7, 11) is -2.47. The number of nitrogens with one attached hydrogen (secondary N) is 1. The van der Waals surface area contributed by atoms with Gasteiger partial charge in [-0.25, -0.2) is 13.6 Å². The standard InChI is InChI=1S/C23H28ClN3O4S/c1-31-22-9-8-18(32(25,29)30)13-20(22)23(28)26-16-10-11-27-14-15(6-7-17(27)12-16)19-4-2-3-5-21(19)24/h2-5,8-9,13,15-17H,6-7,10-12,14H2,1H3,(H,26,28)(H2,25,29,30)/t15-,16+,17+/m1/s1. The molecular weight excluding hydrogens is 450 g/mol. The van der Waals surface area contributed by atoms with Crippen molar-refractivity contribution in [2.45, 2.75) is 48.6 Å². The molecule has 4 rings (SSSR count). The number of nitrogens with two attached hydrogens (primary N) is 1. The number of fused-ring (bicyclic) bond motifs is 1. The number of methoxy groups -OCH3 is 1. The van der Waals surface area contributed by atoms with E-state index in [9.17, 15) is 13.2 Å². The Morgan fingerprint density at radius 1 is 1.19 bits per heavy atom. The molecule has 1 amide bonds. The van der Waals surface area contributed by atoms with Gasteiger partial charge in [-0.1, -0.05) is 29.8 Å². The number of rotatable bonds is 5. The Morgan fingerprint density at radius 2 is 1.97 bits per heavy atom. The normalized spacial score (nSPS) is 23.9. The van der Waals surface area contributed by atoms with Gasteiger partial charge in [0.1, 0.15) is 5.75 Å². The molecule has 2 aromatic rings. The van der Waals surface area contributed by atoms with Gasteiger partial charge in [0.15, 0.2) is 0 Å². The molecule has 3 N–H and O–H groups in total. The molecule has 9 heteroatoms. The minimum Gasteiger partial charge on any atom is -0.496 e. The fourth-order valence-corrected chi connectivity index (χ4v) is 5.73. The highest BCUT2D eigenvalue weighted by molar-refractivity contribution is 7.89. The van der Waals surface area contributed by atoms with Gasteiger partial charge >= 0.3 is 0 Å². The van der Waals surface area contributed by atoms with Crippen molar-refractivity contribution in [3.63, 3.8) is 0 Å². The van der Waals surface area contributed by atoms with Gasteiger partial charge < -0.3 is 10.1 Å². The lowest BCUT2D eigenvalue weighted by Crippen LogP contribution is -2.52. The largest absolute Gasteiger partial charge is 0.496 e. The van der Waals surface area contributed by atoms with E-state index >= 15 is 0 Å². The van der Waals surface area contributed by atoms with E-state index in [0.717, 1.165) is 43.8 Å². The SMILES string of the molecule is COc1ccc(S(N)(=O)=O)cc1C(=O)N[C@H]1CCN2C[C@H](c3ccccc3Cl)CC[C@H]2C1. The number of halogens is 1. The molecule has 0 radical (unpaired) electrons. The molecule has 2 saturated heterocycles. The smallest absolute Gasteiger partial charge is 0.255 e. The number of piperidine rings is 2. The zero-order valence-electron chi connectivity index (χ0n) is 18.0. The van der Waals surface area contributed by atoms with Crippen LogP contribution < -0.4 is 15.2 Å². The number of hydrogen-bond donors (Lipinski definition) is 2. The third-order valence-electron chi connectivity index (χ3n) is 6.57. The second-order valence-corrected chi connectivity index (χ2v) is 10.5. The Morgan fingerprint density at radius 3 is 2.69 bits per heavy atom. The zero-order chi connectivity index (χ0) is 22.9. The van der Waals surface area contributed by atoms with Crippen molar-refractivity contribution in [3.05, 3.63) is 58.6 Å². The number of sulfonamides is 1. The summed E-state index contributed by atoms with van der Waals surface area (Å²) in [5.41, 5.74) is 1.38. The topological polar surface area (TPSA) is 102 Å². The van der Waals surface area contributed by atoms with E-state index in [-0.39, 0.29) is 22.4 Å². The number of ether oxygens (including phenoxy) is 1. The van der Waals surface area contributed by atoms with Gasteiger partial charge in [-0.2, -0.15) is 0 Å². The Hall–Kier alpha value is -2.13. The van der Waals surface area contributed by atoms with E-state index in [1.807, 2.05) is 18.2 Å². The van der Waals surface area contributed by atoms with Crippen molar-refractivity contribution in [1.82, 2.24) is 10.2 Å². The van der Waals surface area contributed by atoms with Gasteiger partial charge in [-0.05, 0) is 61.4 Å². The highest BCUT2D eigenvalue weighted by Crippen LogP contribution is 2.37. The van der Waals surface area contributed by atoms with Gasteiger partial charge in [-0.3, -0.25) is 9.69 Å². The van der Waals surface area contributed by atoms with Crippen LogP contribution in [0.15, 0.2) is 47.4 Å². The van der Waals surface area contributed by atoms with E-state index in [4.69, 9.17) is 21.5 Å². The minimum absolute atomic E-state index is 0.0171. The monoisotopic (exact) mass is 477 g/mol. The third kappa shape index (κ3) is 4.93. The number of benzene rings is 2. The van der Waals surface area contributed by atoms with Crippen LogP contribution in [0.2, 0.25) is 5.02 Å². The molecule has 3 atom stereocenters. The van der Waals surface area contributed by atoms with Crippen molar-refractivity contribution >= 4 is 27.5 Å². The van der Waals surface area contributed by atoms with Crippen molar-refractivity contribution < 1.29 is 17.9 Å². The molecule has 7 nitrogen and oxygen atoms in total. The van der Waals surface area contributed by atoms with E-state index in [0.29, 0.717) is 17.7 Å². The maximum absolute atomic E-state index is 13.0. The molecule has 2 fully saturated rings. The van der Waals surface area contributed by atoms with Gasteiger partial charge in [-0.15, -0.1) is 0 Å². The van der Waals surface area contributed by atoms with Gasteiger partial charge in [0.25, 0.3) is 5.91 Å². The van der Waals surface area contributed by atoms with E-state index in [2.05, 4.69) is 16.3 Å². The van der Waals surface area contributed by atoms with Crippen LogP contribution in [-0.4, -0.2) is 51.5 Å². The van der Waals surface area contributed by atoms with Crippen LogP contribution in [0.3, 0.4) is 0 Å². The Balaban J connectivity index is 1.41. The summed E-state index contributed by atoms with van der Waals surface area (Å²) < 4.78 is 28.6. The molecule has 2 aliphatic rings. The molecule has 0 unspecified atom stereocenters. The average molecular weight is 478 g/mol. The molecule has 172 valence electrons. The molecule has 0 spiro atoms. The number of amides is 1. The summed E-state index contributed by atoms with van der Waals surface area (Å²) in [4.78, 5) is 15.3.